The molecule has 1 aromatic carbocycles. The molecular weight excluding hydrogens is 306 g/mol. The van der Waals surface area contributed by atoms with Crippen molar-refractivity contribution in [1.82, 2.24) is 9.78 Å². The Morgan fingerprint density at radius 1 is 1.17 bits per heavy atom. The van der Waals surface area contributed by atoms with Crippen molar-refractivity contribution < 1.29 is 14.3 Å². The first kappa shape index (κ1) is 13.9. The highest BCUT2D eigenvalue weighted by molar-refractivity contribution is 5.94. The highest BCUT2D eigenvalue weighted by Gasteiger charge is 2.33. The molecule has 0 saturated heterocycles. The molecule has 24 heavy (non-hydrogen) atoms. The number of rotatable bonds is 2. The molecule has 6 nitrogen and oxygen atoms in total. The molecule has 0 radical (unpaired) electrons. The maximum Gasteiger partial charge on any atom is 0.231 e. The molecule has 1 amide bonds. The average Bonchev–Trinajstić information content (AvgIpc) is 3.32. The van der Waals surface area contributed by atoms with Crippen LogP contribution in [0.5, 0.6) is 11.5 Å². The number of nitrogens with zero attached hydrogens (tertiary/aromatic N) is 2. The van der Waals surface area contributed by atoms with Crippen molar-refractivity contribution in [1.29, 1.82) is 0 Å². The van der Waals surface area contributed by atoms with Crippen LogP contribution in [-0.2, 0) is 4.79 Å². The van der Waals surface area contributed by atoms with Crippen molar-refractivity contribution in [2.45, 2.75) is 44.1 Å². The van der Waals surface area contributed by atoms with E-state index in [1.807, 2.05) is 29.1 Å². The summed E-state index contributed by atoms with van der Waals surface area (Å²) in [5.74, 6) is 2.45. The zero-order valence-corrected chi connectivity index (χ0v) is 13.3. The molecule has 1 saturated carbocycles. The maximum atomic E-state index is 12.3. The van der Waals surface area contributed by atoms with E-state index in [1.54, 1.807) is 0 Å². The van der Waals surface area contributed by atoms with Crippen molar-refractivity contribution >= 4 is 11.7 Å². The third-order valence-electron chi connectivity index (χ3n) is 5.32. The fourth-order valence-corrected chi connectivity index (χ4v) is 4.09. The summed E-state index contributed by atoms with van der Waals surface area (Å²) in [5.41, 5.74) is 2.17. The van der Waals surface area contributed by atoms with Crippen molar-refractivity contribution in [3.05, 3.63) is 35.5 Å². The molecule has 0 spiro atoms. The summed E-state index contributed by atoms with van der Waals surface area (Å²) in [6.07, 6.45) is 7.10. The van der Waals surface area contributed by atoms with Crippen molar-refractivity contribution in [2.24, 2.45) is 0 Å². The quantitative estimate of drug-likeness (QED) is 0.921. The molecule has 1 aliphatic carbocycles. The Morgan fingerprint density at radius 2 is 2.00 bits per heavy atom. The monoisotopic (exact) mass is 325 g/mol. The predicted molar refractivity (Wildman–Crippen MR) is 87.4 cm³/mol. The van der Waals surface area contributed by atoms with E-state index in [2.05, 4.69) is 10.4 Å². The molecule has 1 atom stereocenters. The number of hydrogen-bond donors (Lipinski definition) is 1. The third-order valence-corrected chi connectivity index (χ3v) is 5.32. The van der Waals surface area contributed by atoms with Gasteiger partial charge in [0.25, 0.3) is 0 Å². The van der Waals surface area contributed by atoms with Crippen molar-refractivity contribution in [3.8, 4) is 11.5 Å². The van der Waals surface area contributed by atoms with Crippen LogP contribution in [0, 0.1) is 0 Å². The first-order valence-electron chi connectivity index (χ1n) is 8.56. The minimum Gasteiger partial charge on any atom is -0.454 e. The number of amides is 1. The second-order valence-electron chi connectivity index (χ2n) is 6.75. The van der Waals surface area contributed by atoms with Crippen LogP contribution in [0.3, 0.4) is 0 Å². The topological polar surface area (TPSA) is 65.4 Å². The maximum absolute atomic E-state index is 12.3. The molecule has 124 valence electrons. The van der Waals surface area contributed by atoms with Crippen LogP contribution in [0.15, 0.2) is 24.4 Å². The van der Waals surface area contributed by atoms with Crippen LogP contribution in [0.2, 0.25) is 0 Å². The van der Waals surface area contributed by atoms with Gasteiger partial charge in [-0.25, -0.2) is 4.68 Å². The number of aromatic nitrogens is 2. The van der Waals surface area contributed by atoms with E-state index < -0.39 is 0 Å². The Balaban J connectivity index is 1.56. The number of benzene rings is 1. The highest BCUT2D eigenvalue weighted by atomic mass is 16.7. The predicted octanol–water partition coefficient (Wildman–Crippen LogP) is 3.20. The number of nitrogens with one attached hydrogen (secondary N) is 1. The van der Waals surface area contributed by atoms with Crippen LogP contribution in [0.1, 0.15) is 55.2 Å². The van der Waals surface area contributed by atoms with Gasteiger partial charge in [-0.3, -0.25) is 4.79 Å². The Bertz CT molecular complexity index is 808. The zero-order valence-electron chi connectivity index (χ0n) is 13.3. The van der Waals surface area contributed by atoms with E-state index in [0.717, 1.165) is 41.3 Å². The van der Waals surface area contributed by atoms with Gasteiger partial charge >= 0.3 is 0 Å². The summed E-state index contributed by atoms with van der Waals surface area (Å²) in [6.45, 7) is 0.259. The van der Waals surface area contributed by atoms with Gasteiger partial charge in [-0.2, -0.15) is 5.10 Å². The third kappa shape index (κ3) is 2.09. The number of hydrogen-bond acceptors (Lipinski definition) is 4. The fourth-order valence-electron chi connectivity index (χ4n) is 4.09. The van der Waals surface area contributed by atoms with Gasteiger partial charge in [-0.15, -0.1) is 0 Å². The van der Waals surface area contributed by atoms with Crippen LogP contribution >= 0.6 is 0 Å². The van der Waals surface area contributed by atoms with Crippen LogP contribution in [0.25, 0.3) is 0 Å². The Morgan fingerprint density at radius 3 is 2.88 bits per heavy atom. The second kappa shape index (κ2) is 5.26. The van der Waals surface area contributed by atoms with E-state index in [9.17, 15) is 4.79 Å². The molecule has 0 unspecified atom stereocenters. The van der Waals surface area contributed by atoms with E-state index >= 15 is 0 Å². The zero-order chi connectivity index (χ0) is 16.1. The summed E-state index contributed by atoms with van der Waals surface area (Å²) in [7, 11) is 0. The highest BCUT2D eigenvalue weighted by Crippen LogP contribution is 2.43. The minimum absolute atomic E-state index is 0.0124. The minimum atomic E-state index is 0.0124. The molecule has 6 heteroatoms. The molecule has 2 aliphatic heterocycles. The van der Waals surface area contributed by atoms with Gasteiger partial charge in [0.05, 0.1) is 12.2 Å². The van der Waals surface area contributed by atoms with Crippen molar-refractivity contribution in [3.63, 3.8) is 0 Å². The first-order chi connectivity index (χ1) is 11.8. The molecule has 3 heterocycles. The fraction of sp³-hybridized carbons (Fsp3) is 0.444. The Kier molecular flexibility index (Phi) is 3.04. The number of carbonyl (C=O) groups excluding carboxylic acids is 1. The van der Waals surface area contributed by atoms with Crippen molar-refractivity contribution in [2.75, 3.05) is 12.1 Å². The summed E-state index contributed by atoms with van der Waals surface area (Å²) >= 11 is 0. The molecule has 2 aromatic rings. The lowest BCUT2D eigenvalue weighted by Gasteiger charge is -2.25. The van der Waals surface area contributed by atoms with Gasteiger partial charge < -0.3 is 14.8 Å². The lowest BCUT2D eigenvalue weighted by atomic mass is 9.87. The van der Waals surface area contributed by atoms with E-state index in [1.165, 1.54) is 12.8 Å². The number of carbonyl (C=O) groups is 1. The summed E-state index contributed by atoms with van der Waals surface area (Å²) < 4.78 is 12.9. The molecular formula is C18H19N3O3. The Hall–Kier alpha value is -2.50. The number of ether oxygens (including phenoxy) is 2. The average molecular weight is 325 g/mol. The summed E-state index contributed by atoms with van der Waals surface area (Å²) in [4.78, 5) is 12.3. The van der Waals surface area contributed by atoms with Gasteiger partial charge in [-0.1, -0.05) is 18.9 Å². The molecule has 0 bridgehead atoms. The lowest BCUT2D eigenvalue weighted by Crippen LogP contribution is -2.25. The van der Waals surface area contributed by atoms with E-state index in [-0.39, 0.29) is 18.6 Å². The van der Waals surface area contributed by atoms with Gasteiger partial charge in [0, 0.05) is 17.9 Å². The first-order valence-corrected chi connectivity index (χ1v) is 8.56. The van der Waals surface area contributed by atoms with E-state index in [4.69, 9.17) is 9.47 Å². The molecule has 1 N–H and O–H groups in total. The van der Waals surface area contributed by atoms with Gasteiger partial charge in [0.1, 0.15) is 5.82 Å². The normalized spacial score (nSPS) is 22.5. The molecule has 3 aliphatic rings. The second-order valence-corrected chi connectivity index (χ2v) is 6.75. The molecule has 1 aromatic heterocycles. The van der Waals surface area contributed by atoms with Crippen LogP contribution < -0.4 is 14.8 Å². The Labute approximate surface area is 139 Å². The van der Waals surface area contributed by atoms with Crippen LogP contribution in [-0.4, -0.2) is 22.5 Å². The standard InChI is InChI=1S/C18H19N3O3/c22-17-8-13(11-5-6-15-16(7-11)24-10-23-15)14-9-19-21(18(14)20-17)12-3-1-2-4-12/h5-7,9,12-13H,1-4,8,10H2,(H,20,22)/t13-/m0/s1. The molecule has 5 rings (SSSR count). The summed E-state index contributed by atoms with van der Waals surface area (Å²) in [5, 5.41) is 7.65. The van der Waals surface area contributed by atoms with Gasteiger partial charge in [0.15, 0.2) is 11.5 Å². The number of anilines is 1. The smallest absolute Gasteiger partial charge is 0.231 e. The largest absolute Gasteiger partial charge is 0.454 e. The lowest BCUT2D eigenvalue weighted by molar-refractivity contribution is -0.116. The summed E-state index contributed by atoms with van der Waals surface area (Å²) in [6, 6.07) is 6.34. The van der Waals surface area contributed by atoms with Crippen LogP contribution in [0.4, 0.5) is 5.82 Å². The van der Waals surface area contributed by atoms with E-state index in [0.29, 0.717) is 12.5 Å². The number of fused-ring (bicyclic) bond motifs is 2. The SMILES string of the molecule is O=C1C[C@@H](c2ccc3c(c2)OCO3)c2cnn(C3CCCC3)c2N1. The van der Waals surface area contributed by atoms with Gasteiger partial charge in [0.2, 0.25) is 12.7 Å². The van der Waals surface area contributed by atoms with Gasteiger partial charge in [-0.05, 0) is 30.5 Å². The molecule has 1 fully saturated rings.